The Labute approximate surface area is 126 Å². The van der Waals surface area contributed by atoms with Gasteiger partial charge in [-0.2, -0.15) is 0 Å². The van der Waals surface area contributed by atoms with Gasteiger partial charge in [-0.05, 0) is 56.6 Å². The molecule has 0 radical (unpaired) electrons. The van der Waals surface area contributed by atoms with Crippen molar-refractivity contribution < 1.29 is 4.79 Å². The van der Waals surface area contributed by atoms with Crippen LogP contribution in [0.5, 0.6) is 0 Å². The molecular formula is C18H22N2O. The molecule has 0 spiro atoms. The fourth-order valence-electron chi connectivity index (χ4n) is 2.30. The Balaban J connectivity index is 2.21. The molecule has 0 saturated carbocycles. The van der Waals surface area contributed by atoms with Gasteiger partial charge in [0.2, 0.25) is 0 Å². The zero-order chi connectivity index (χ0) is 15.2. The van der Waals surface area contributed by atoms with Crippen LogP contribution in [0.15, 0.2) is 48.5 Å². The molecule has 0 bridgehead atoms. The van der Waals surface area contributed by atoms with Crippen LogP contribution in [-0.2, 0) is 6.42 Å². The van der Waals surface area contributed by atoms with E-state index in [9.17, 15) is 4.79 Å². The highest BCUT2D eigenvalue weighted by Gasteiger charge is 2.15. The highest BCUT2D eigenvalue weighted by Crippen LogP contribution is 2.18. The van der Waals surface area contributed by atoms with Crippen LogP contribution in [0.1, 0.15) is 28.4 Å². The quantitative estimate of drug-likeness (QED) is 0.915. The van der Waals surface area contributed by atoms with Gasteiger partial charge in [0.25, 0.3) is 5.91 Å². The Kier molecular flexibility index (Phi) is 5.12. The van der Waals surface area contributed by atoms with Crippen molar-refractivity contribution in [3.63, 3.8) is 0 Å². The maximum Gasteiger partial charge on any atom is 0.258 e. The molecule has 0 fully saturated rings. The average molecular weight is 282 g/mol. The van der Waals surface area contributed by atoms with Gasteiger partial charge in [0.05, 0.1) is 0 Å². The number of hydrogen-bond donors (Lipinski definition) is 1. The Bertz CT molecular complexity index is 588. The number of carbonyl (C=O) groups excluding carboxylic acids is 1. The van der Waals surface area contributed by atoms with Crippen molar-refractivity contribution in [1.82, 2.24) is 0 Å². The maximum absolute atomic E-state index is 12.6. The number of amides is 1. The van der Waals surface area contributed by atoms with Crippen LogP contribution in [0.2, 0.25) is 0 Å². The van der Waals surface area contributed by atoms with Crippen LogP contribution in [-0.4, -0.2) is 19.0 Å². The predicted molar refractivity (Wildman–Crippen MR) is 87.7 cm³/mol. The average Bonchev–Trinajstić information content (AvgIpc) is 2.51. The Morgan fingerprint density at radius 3 is 2.19 bits per heavy atom. The monoisotopic (exact) mass is 282 g/mol. The highest BCUT2D eigenvalue weighted by molar-refractivity contribution is 6.06. The van der Waals surface area contributed by atoms with Crippen molar-refractivity contribution in [2.45, 2.75) is 20.3 Å². The third kappa shape index (κ3) is 3.70. The molecule has 0 aliphatic carbocycles. The summed E-state index contributed by atoms with van der Waals surface area (Å²) in [6.07, 6.45) is 0.837. The molecule has 0 aliphatic heterocycles. The predicted octanol–water partition coefficient (Wildman–Crippen LogP) is 3.16. The summed E-state index contributed by atoms with van der Waals surface area (Å²) in [6, 6.07) is 15.7. The smallest absolute Gasteiger partial charge is 0.258 e. The molecule has 110 valence electrons. The van der Waals surface area contributed by atoms with Crippen molar-refractivity contribution in [2.75, 3.05) is 18.0 Å². The lowest BCUT2D eigenvalue weighted by molar-refractivity contribution is 0.0988. The van der Waals surface area contributed by atoms with Gasteiger partial charge in [-0.15, -0.1) is 0 Å². The number of anilines is 1. The number of nitrogens with zero attached hydrogens (tertiary/aromatic N) is 1. The number of rotatable bonds is 5. The second-order valence-electron chi connectivity index (χ2n) is 5.12. The molecule has 0 atom stereocenters. The van der Waals surface area contributed by atoms with Gasteiger partial charge in [-0.1, -0.05) is 29.8 Å². The van der Waals surface area contributed by atoms with E-state index in [1.807, 2.05) is 62.4 Å². The first-order valence-corrected chi connectivity index (χ1v) is 7.33. The van der Waals surface area contributed by atoms with Gasteiger partial charge >= 0.3 is 0 Å². The van der Waals surface area contributed by atoms with Gasteiger partial charge in [-0.25, -0.2) is 0 Å². The Morgan fingerprint density at radius 2 is 1.67 bits per heavy atom. The van der Waals surface area contributed by atoms with E-state index in [0.717, 1.165) is 17.7 Å². The first-order valence-electron chi connectivity index (χ1n) is 7.33. The van der Waals surface area contributed by atoms with Crippen LogP contribution >= 0.6 is 0 Å². The van der Waals surface area contributed by atoms with Crippen molar-refractivity contribution in [1.29, 1.82) is 0 Å². The summed E-state index contributed by atoms with van der Waals surface area (Å²) >= 11 is 0. The second-order valence-corrected chi connectivity index (χ2v) is 5.12. The first-order chi connectivity index (χ1) is 10.2. The van der Waals surface area contributed by atoms with Gasteiger partial charge in [-0.3, -0.25) is 4.79 Å². The van der Waals surface area contributed by atoms with Crippen molar-refractivity contribution >= 4 is 11.6 Å². The minimum atomic E-state index is 0.0284. The lowest BCUT2D eigenvalue weighted by Gasteiger charge is -2.21. The molecule has 2 N–H and O–H groups in total. The molecule has 2 aromatic carbocycles. The van der Waals surface area contributed by atoms with Gasteiger partial charge in [0.1, 0.15) is 0 Å². The first kappa shape index (κ1) is 15.3. The molecule has 3 heteroatoms. The van der Waals surface area contributed by atoms with Crippen LogP contribution in [0.3, 0.4) is 0 Å². The normalized spacial score (nSPS) is 10.4. The summed E-state index contributed by atoms with van der Waals surface area (Å²) in [5.74, 6) is 0.0284. The summed E-state index contributed by atoms with van der Waals surface area (Å²) in [5, 5.41) is 0. The standard InChI is InChI=1S/C18H22N2O/c1-3-20(17-10-4-14(2)5-11-17)18(21)16-8-6-15(7-9-16)12-13-19/h4-11H,3,12-13,19H2,1-2H3. The lowest BCUT2D eigenvalue weighted by Crippen LogP contribution is -2.30. The number of carbonyl (C=O) groups is 1. The topological polar surface area (TPSA) is 46.3 Å². The van der Waals surface area contributed by atoms with E-state index < -0.39 is 0 Å². The Hall–Kier alpha value is -2.13. The molecule has 21 heavy (non-hydrogen) atoms. The molecule has 0 unspecified atom stereocenters. The molecule has 0 saturated heterocycles. The fraction of sp³-hybridized carbons (Fsp3) is 0.278. The number of hydrogen-bond acceptors (Lipinski definition) is 2. The molecule has 0 heterocycles. The van der Waals surface area contributed by atoms with Crippen LogP contribution in [0.25, 0.3) is 0 Å². The van der Waals surface area contributed by atoms with Crippen LogP contribution in [0, 0.1) is 6.92 Å². The van der Waals surface area contributed by atoms with E-state index >= 15 is 0 Å². The van der Waals surface area contributed by atoms with E-state index in [1.165, 1.54) is 5.56 Å². The third-order valence-electron chi connectivity index (χ3n) is 3.54. The molecule has 0 aromatic heterocycles. The molecule has 3 nitrogen and oxygen atoms in total. The number of aryl methyl sites for hydroxylation is 1. The van der Waals surface area contributed by atoms with E-state index in [2.05, 4.69) is 0 Å². The molecule has 0 aliphatic rings. The van der Waals surface area contributed by atoms with Crippen molar-refractivity contribution in [3.8, 4) is 0 Å². The second kappa shape index (κ2) is 7.04. The molecule has 2 rings (SSSR count). The number of benzene rings is 2. The zero-order valence-electron chi connectivity index (χ0n) is 12.7. The van der Waals surface area contributed by atoms with Crippen molar-refractivity contribution in [2.24, 2.45) is 5.73 Å². The van der Waals surface area contributed by atoms with E-state index in [0.29, 0.717) is 18.7 Å². The molecular weight excluding hydrogens is 260 g/mol. The fourth-order valence-corrected chi connectivity index (χ4v) is 2.30. The van der Waals surface area contributed by atoms with Gasteiger partial charge in [0, 0.05) is 17.8 Å². The third-order valence-corrected chi connectivity index (χ3v) is 3.54. The zero-order valence-corrected chi connectivity index (χ0v) is 12.7. The van der Waals surface area contributed by atoms with E-state index in [1.54, 1.807) is 4.90 Å². The van der Waals surface area contributed by atoms with E-state index in [4.69, 9.17) is 5.73 Å². The SMILES string of the molecule is CCN(C(=O)c1ccc(CCN)cc1)c1ccc(C)cc1. The minimum absolute atomic E-state index is 0.0284. The number of nitrogens with two attached hydrogens (primary N) is 1. The Morgan fingerprint density at radius 1 is 1.05 bits per heavy atom. The summed E-state index contributed by atoms with van der Waals surface area (Å²) in [5.41, 5.74) is 9.53. The minimum Gasteiger partial charge on any atom is -0.330 e. The summed E-state index contributed by atoms with van der Waals surface area (Å²) < 4.78 is 0. The van der Waals surface area contributed by atoms with Crippen LogP contribution < -0.4 is 10.6 Å². The van der Waals surface area contributed by atoms with Gasteiger partial charge in [0.15, 0.2) is 0 Å². The summed E-state index contributed by atoms with van der Waals surface area (Å²) in [6.45, 7) is 5.29. The lowest BCUT2D eigenvalue weighted by atomic mass is 10.1. The highest BCUT2D eigenvalue weighted by atomic mass is 16.2. The summed E-state index contributed by atoms with van der Waals surface area (Å²) in [7, 11) is 0. The van der Waals surface area contributed by atoms with Crippen molar-refractivity contribution in [3.05, 3.63) is 65.2 Å². The molecule has 1 amide bonds. The van der Waals surface area contributed by atoms with E-state index in [-0.39, 0.29) is 5.91 Å². The van der Waals surface area contributed by atoms with Gasteiger partial charge < -0.3 is 10.6 Å². The summed E-state index contributed by atoms with van der Waals surface area (Å²) in [4.78, 5) is 14.4. The molecule has 2 aromatic rings. The largest absolute Gasteiger partial charge is 0.330 e. The van der Waals surface area contributed by atoms with Crippen LogP contribution in [0.4, 0.5) is 5.69 Å². The maximum atomic E-state index is 12.6.